The van der Waals surface area contributed by atoms with Crippen molar-refractivity contribution >= 4 is 22.7 Å². The molecule has 1 aliphatic carbocycles. The summed E-state index contributed by atoms with van der Waals surface area (Å²) in [7, 11) is -1.29. The molecule has 1 N–H and O–H groups in total. The molecular weight excluding hydrogens is 350 g/mol. The molecular formula is C20H21NO4S. The number of amides is 1. The molecule has 3 rings (SSSR count). The molecule has 0 heterocycles. The third kappa shape index (κ3) is 4.38. The van der Waals surface area contributed by atoms with Crippen molar-refractivity contribution in [3.8, 4) is 0 Å². The summed E-state index contributed by atoms with van der Waals surface area (Å²) < 4.78 is 17.8. The predicted molar refractivity (Wildman–Crippen MR) is 99.2 cm³/mol. The Morgan fingerprint density at radius 1 is 1.12 bits per heavy atom. The molecule has 5 nitrogen and oxygen atoms in total. The highest BCUT2D eigenvalue weighted by Gasteiger charge is 2.31. The number of rotatable bonds is 7. The zero-order valence-electron chi connectivity index (χ0n) is 14.5. The molecule has 6 heteroatoms. The van der Waals surface area contributed by atoms with Crippen LogP contribution in [0.5, 0.6) is 0 Å². The number of nitrogens with one attached hydrogen (secondary N) is 1. The van der Waals surface area contributed by atoms with Gasteiger partial charge < -0.3 is 10.1 Å². The van der Waals surface area contributed by atoms with Crippen LogP contribution in [0, 0.1) is 0 Å². The number of carbonyl (C=O) groups is 2. The van der Waals surface area contributed by atoms with E-state index in [1.807, 2.05) is 6.07 Å². The van der Waals surface area contributed by atoms with E-state index in [-0.39, 0.29) is 17.5 Å². The third-order valence-corrected chi connectivity index (χ3v) is 5.47. The van der Waals surface area contributed by atoms with Gasteiger partial charge in [-0.3, -0.25) is 9.00 Å². The van der Waals surface area contributed by atoms with E-state index in [2.05, 4.69) is 5.32 Å². The Labute approximate surface area is 155 Å². The standard InChI is InChI=1S/C20H21NO4S/c1-2-26(24)17-11-7-6-10-16(17)20(23)25-18(14-8-4-3-5-9-14)19(22)21-15-12-13-15/h3-11,15,18H,2,12-13H2,1H3,(H,21,22). The van der Waals surface area contributed by atoms with Crippen molar-refractivity contribution in [2.24, 2.45) is 0 Å². The summed E-state index contributed by atoms with van der Waals surface area (Å²) in [6.45, 7) is 1.79. The SMILES string of the molecule is CCS(=O)c1ccccc1C(=O)OC(C(=O)NC1CC1)c1ccccc1. The lowest BCUT2D eigenvalue weighted by Gasteiger charge is -2.18. The van der Waals surface area contributed by atoms with Crippen molar-refractivity contribution in [3.63, 3.8) is 0 Å². The molecule has 1 saturated carbocycles. The molecule has 2 unspecified atom stereocenters. The van der Waals surface area contributed by atoms with Gasteiger partial charge in [0.25, 0.3) is 5.91 Å². The van der Waals surface area contributed by atoms with Crippen LogP contribution in [-0.4, -0.2) is 27.9 Å². The van der Waals surface area contributed by atoms with Gasteiger partial charge in [0, 0.05) is 17.4 Å². The lowest BCUT2D eigenvalue weighted by Crippen LogP contribution is -2.33. The molecule has 1 fully saturated rings. The first-order valence-electron chi connectivity index (χ1n) is 8.64. The maximum Gasteiger partial charge on any atom is 0.340 e. The molecule has 0 radical (unpaired) electrons. The molecule has 0 spiro atoms. The second kappa shape index (κ2) is 8.27. The highest BCUT2D eigenvalue weighted by Crippen LogP contribution is 2.25. The highest BCUT2D eigenvalue weighted by molar-refractivity contribution is 7.85. The Bertz CT molecular complexity index is 818. The first kappa shape index (κ1) is 18.3. The Hall–Kier alpha value is -2.47. The van der Waals surface area contributed by atoms with Crippen molar-refractivity contribution in [1.29, 1.82) is 0 Å². The van der Waals surface area contributed by atoms with E-state index < -0.39 is 22.9 Å². The van der Waals surface area contributed by atoms with E-state index in [4.69, 9.17) is 4.74 Å². The van der Waals surface area contributed by atoms with Crippen LogP contribution in [-0.2, 0) is 20.3 Å². The monoisotopic (exact) mass is 371 g/mol. The smallest absolute Gasteiger partial charge is 0.340 e. The van der Waals surface area contributed by atoms with Gasteiger partial charge in [-0.05, 0) is 25.0 Å². The van der Waals surface area contributed by atoms with Crippen molar-refractivity contribution in [3.05, 3.63) is 65.7 Å². The van der Waals surface area contributed by atoms with Gasteiger partial charge in [0.1, 0.15) is 0 Å². The molecule has 136 valence electrons. The fraction of sp³-hybridized carbons (Fsp3) is 0.300. The van der Waals surface area contributed by atoms with Gasteiger partial charge in [0.05, 0.1) is 21.3 Å². The van der Waals surface area contributed by atoms with Crippen molar-refractivity contribution in [1.82, 2.24) is 5.32 Å². The minimum Gasteiger partial charge on any atom is -0.444 e. The first-order valence-corrected chi connectivity index (χ1v) is 9.95. The second-order valence-electron chi connectivity index (χ2n) is 6.11. The molecule has 2 aromatic carbocycles. The summed E-state index contributed by atoms with van der Waals surface area (Å²) in [6, 6.07) is 15.7. The summed E-state index contributed by atoms with van der Waals surface area (Å²) in [4.78, 5) is 25.8. The fourth-order valence-corrected chi connectivity index (χ4v) is 3.50. The first-order chi connectivity index (χ1) is 12.6. The normalized spacial score (nSPS) is 15.7. The number of benzene rings is 2. The van der Waals surface area contributed by atoms with Crippen molar-refractivity contribution in [2.75, 3.05) is 5.75 Å². The zero-order valence-corrected chi connectivity index (χ0v) is 15.3. The average Bonchev–Trinajstić information content (AvgIpc) is 3.49. The highest BCUT2D eigenvalue weighted by atomic mass is 32.2. The van der Waals surface area contributed by atoms with E-state index in [0.717, 1.165) is 12.8 Å². The average molecular weight is 371 g/mol. The third-order valence-electron chi connectivity index (χ3n) is 4.10. The Kier molecular flexibility index (Phi) is 5.83. The van der Waals surface area contributed by atoms with Gasteiger partial charge in [0.15, 0.2) is 0 Å². The topological polar surface area (TPSA) is 72.5 Å². The second-order valence-corrected chi connectivity index (χ2v) is 7.82. The van der Waals surface area contributed by atoms with E-state index in [1.165, 1.54) is 0 Å². The maximum atomic E-state index is 12.7. The van der Waals surface area contributed by atoms with Gasteiger partial charge in [-0.25, -0.2) is 4.79 Å². The maximum absolute atomic E-state index is 12.7. The summed E-state index contributed by atoms with van der Waals surface area (Å²) in [5, 5.41) is 2.88. The molecule has 0 aliphatic heterocycles. The van der Waals surface area contributed by atoms with Gasteiger partial charge >= 0.3 is 5.97 Å². The van der Waals surface area contributed by atoms with Crippen LogP contribution in [0.15, 0.2) is 59.5 Å². The minimum absolute atomic E-state index is 0.160. The lowest BCUT2D eigenvalue weighted by molar-refractivity contribution is -0.130. The largest absolute Gasteiger partial charge is 0.444 e. The van der Waals surface area contributed by atoms with Crippen molar-refractivity contribution < 1.29 is 18.5 Å². The molecule has 0 aromatic heterocycles. The number of hydrogen-bond acceptors (Lipinski definition) is 4. The molecule has 2 aromatic rings. The summed E-state index contributed by atoms with van der Waals surface area (Å²) in [5.74, 6) is -0.586. The van der Waals surface area contributed by atoms with Crippen molar-refractivity contribution in [2.45, 2.75) is 36.8 Å². The van der Waals surface area contributed by atoms with E-state index >= 15 is 0 Å². The van der Waals surface area contributed by atoms with Crippen LogP contribution < -0.4 is 5.32 Å². The van der Waals surface area contributed by atoms with Gasteiger partial charge in [0.2, 0.25) is 6.10 Å². The fourth-order valence-electron chi connectivity index (χ4n) is 2.57. The molecule has 2 atom stereocenters. The van der Waals surface area contributed by atoms with Crippen LogP contribution >= 0.6 is 0 Å². The van der Waals surface area contributed by atoms with Crippen LogP contribution in [0.4, 0.5) is 0 Å². The summed E-state index contributed by atoms with van der Waals surface area (Å²) >= 11 is 0. The van der Waals surface area contributed by atoms with E-state index in [9.17, 15) is 13.8 Å². The number of ether oxygens (including phenoxy) is 1. The number of esters is 1. The number of hydrogen-bond donors (Lipinski definition) is 1. The van der Waals surface area contributed by atoms with Crippen LogP contribution in [0.3, 0.4) is 0 Å². The Balaban J connectivity index is 1.86. The summed E-state index contributed by atoms with van der Waals surface area (Å²) in [5.41, 5.74) is 0.834. The Morgan fingerprint density at radius 3 is 2.42 bits per heavy atom. The van der Waals surface area contributed by atoms with Gasteiger partial charge in [-0.1, -0.05) is 49.4 Å². The van der Waals surface area contributed by atoms with Crippen LogP contribution in [0.2, 0.25) is 0 Å². The van der Waals surface area contributed by atoms with Gasteiger partial charge in [-0.15, -0.1) is 0 Å². The molecule has 0 bridgehead atoms. The molecule has 1 amide bonds. The van der Waals surface area contributed by atoms with Gasteiger partial charge in [-0.2, -0.15) is 0 Å². The quantitative estimate of drug-likeness (QED) is 0.760. The minimum atomic E-state index is -1.29. The molecule has 1 aliphatic rings. The zero-order chi connectivity index (χ0) is 18.5. The van der Waals surface area contributed by atoms with Crippen LogP contribution in [0.25, 0.3) is 0 Å². The van der Waals surface area contributed by atoms with E-state index in [0.29, 0.717) is 16.2 Å². The summed E-state index contributed by atoms with van der Waals surface area (Å²) in [6.07, 6.45) is 0.853. The predicted octanol–water partition coefficient (Wildman–Crippen LogP) is 2.99. The lowest BCUT2D eigenvalue weighted by atomic mass is 10.1. The molecule has 0 saturated heterocycles. The van der Waals surface area contributed by atoms with E-state index in [1.54, 1.807) is 55.5 Å². The molecule has 26 heavy (non-hydrogen) atoms. The Morgan fingerprint density at radius 2 is 1.77 bits per heavy atom. The van der Waals surface area contributed by atoms with Crippen LogP contribution in [0.1, 0.15) is 41.8 Å². The number of carbonyl (C=O) groups excluding carboxylic acids is 2.